The van der Waals surface area contributed by atoms with Crippen molar-refractivity contribution in [2.75, 3.05) is 13.2 Å². The molecule has 0 aliphatic carbocycles. The number of carbonyl (C=O) groups is 2. The maximum absolute atomic E-state index is 12.3. The minimum Gasteiger partial charge on any atom is -0.489 e. The first kappa shape index (κ1) is 18.8. The molecule has 0 bridgehead atoms. The van der Waals surface area contributed by atoms with Gasteiger partial charge in [0.05, 0.1) is 18.2 Å². The maximum Gasteiger partial charge on any atom is 0.312 e. The Morgan fingerprint density at radius 3 is 2.44 bits per heavy atom. The highest BCUT2D eigenvalue weighted by Gasteiger charge is 2.16. The summed E-state index contributed by atoms with van der Waals surface area (Å²) in [5.74, 6) is 0.924. The second-order valence-electron chi connectivity index (χ2n) is 6.05. The van der Waals surface area contributed by atoms with Crippen molar-refractivity contribution in [1.29, 1.82) is 0 Å². The van der Waals surface area contributed by atoms with E-state index in [9.17, 15) is 9.59 Å². The van der Waals surface area contributed by atoms with E-state index in [1.54, 1.807) is 30.3 Å². The highest BCUT2D eigenvalue weighted by atomic mass is 35.5. The Kier molecular flexibility index (Phi) is 6.03. The van der Waals surface area contributed by atoms with Gasteiger partial charge in [0.15, 0.2) is 11.5 Å². The monoisotopic (exact) mass is 389 g/mol. The van der Waals surface area contributed by atoms with Gasteiger partial charge in [-0.3, -0.25) is 4.79 Å². The van der Waals surface area contributed by atoms with Crippen LogP contribution in [0.25, 0.3) is 0 Å². The molecule has 0 spiro atoms. The van der Waals surface area contributed by atoms with E-state index in [1.165, 1.54) is 0 Å². The van der Waals surface area contributed by atoms with Crippen LogP contribution in [0.1, 0.15) is 27.9 Å². The van der Waals surface area contributed by atoms with Gasteiger partial charge >= 0.3 is 6.03 Å². The van der Waals surface area contributed by atoms with Gasteiger partial charge < -0.3 is 25.8 Å². The van der Waals surface area contributed by atoms with Crippen molar-refractivity contribution >= 4 is 23.5 Å². The molecule has 0 atom stereocenters. The van der Waals surface area contributed by atoms with Gasteiger partial charge in [0.1, 0.15) is 0 Å². The van der Waals surface area contributed by atoms with Gasteiger partial charge in [-0.2, -0.15) is 0 Å². The van der Waals surface area contributed by atoms with E-state index in [1.807, 2.05) is 6.07 Å². The summed E-state index contributed by atoms with van der Waals surface area (Å²) < 4.78 is 11.2. The number of nitrogens with one attached hydrogen (secondary N) is 2. The zero-order valence-corrected chi connectivity index (χ0v) is 15.3. The first-order valence-electron chi connectivity index (χ1n) is 8.51. The molecule has 0 aromatic heterocycles. The average molecular weight is 390 g/mol. The predicted octanol–water partition coefficient (Wildman–Crippen LogP) is 2.60. The number of urea groups is 1. The summed E-state index contributed by atoms with van der Waals surface area (Å²) in [5.41, 5.74) is 7.21. The molecule has 1 aliphatic rings. The van der Waals surface area contributed by atoms with Gasteiger partial charge in [-0.15, -0.1) is 0 Å². The molecule has 0 saturated heterocycles. The minimum atomic E-state index is -0.592. The number of carbonyl (C=O) groups excluding carboxylic acids is 2. The van der Waals surface area contributed by atoms with Gasteiger partial charge in [-0.05, 0) is 35.4 Å². The predicted molar refractivity (Wildman–Crippen MR) is 101 cm³/mol. The summed E-state index contributed by atoms with van der Waals surface area (Å²) in [6.07, 6.45) is 0.794. The lowest BCUT2D eigenvalue weighted by Gasteiger charge is -2.12. The quantitative estimate of drug-likeness (QED) is 0.731. The van der Waals surface area contributed by atoms with Crippen molar-refractivity contribution in [2.24, 2.45) is 5.73 Å². The standard InChI is InChI=1S/C19H20ClN3O4/c20-15-8-13(9-16-17(15)27-7-1-6-26-16)11-22-18(24)14-4-2-12(3-5-14)10-23-19(21)25/h2-5,8-9H,1,6-7,10-11H2,(H,22,24)(H3,21,23,25). The van der Waals surface area contributed by atoms with Gasteiger partial charge in [0.25, 0.3) is 5.91 Å². The number of rotatable bonds is 5. The molecule has 0 radical (unpaired) electrons. The lowest BCUT2D eigenvalue weighted by Crippen LogP contribution is -2.28. The lowest BCUT2D eigenvalue weighted by molar-refractivity contribution is 0.0951. The van der Waals surface area contributed by atoms with E-state index in [0.717, 1.165) is 17.5 Å². The third-order valence-electron chi connectivity index (χ3n) is 4.00. The van der Waals surface area contributed by atoms with E-state index in [4.69, 9.17) is 26.8 Å². The summed E-state index contributed by atoms with van der Waals surface area (Å²) in [4.78, 5) is 23.1. The molecule has 0 saturated carbocycles. The Bertz CT molecular complexity index is 840. The van der Waals surface area contributed by atoms with Crippen LogP contribution in [-0.2, 0) is 13.1 Å². The van der Waals surface area contributed by atoms with Crippen molar-refractivity contribution in [3.05, 3.63) is 58.1 Å². The third-order valence-corrected chi connectivity index (χ3v) is 4.28. The minimum absolute atomic E-state index is 0.215. The smallest absolute Gasteiger partial charge is 0.312 e. The Labute approximate surface area is 161 Å². The molecule has 27 heavy (non-hydrogen) atoms. The number of fused-ring (bicyclic) bond motifs is 1. The molecule has 4 N–H and O–H groups in total. The maximum atomic E-state index is 12.3. The largest absolute Gasteiger partial charge is 0.489 e. The molecular formula is C19H20ClN3O4. The van der Waals surface area contributed by atoms with Gasteiger partial charge in [-0.1, -0.05) is 23.7 Å². The number of nitrogens with two attached hydrogens (primary N) is 1. The molecular weight excluding hydrogens is 370 g/mol. The molecule has 1 heterocycles. The van der Waals surface area contributed by atoms with Gasteiger partial charge in [0.2, 0.25) is 0 Å². The van der Waals surface area contributed by atoms with Crippen LogP contribution in [0.4, 0.5) is 4.79 Å². The zero-order chi connectivity index (χ0) is 19.2. The van der Waals surface area contributed by atoms with Crippen LogP contribution in [0.2, 0.25) is 5.02 Å². The summed E-state index contributed by atoms with van der Waals surface area (Å²) in [5, 5.41) is 5.81. The lowest BCUT2D eigenvalue weighted by atomic mass is 10.1. The van der Waals surface area contributed by atoms with Gasteiger partial charge in [-0.25, -0.2) is 4.79 Å². The van der Waals surface area contributed by atoms with E-state index in [0.29, 0.717) is 48.4 Å². The van der Waals surface area contributed by atoms with Crippen molar-refractivity contribution in [3.8, 4) is 11.5 Å². The first-order valence-corrected chi connectivity index (χ1v) is 8.89. The SMILES string of the molecule is NC(=O)NCc1ccc(C(=O)NCc2cc(Cl)c3c(c2)OCCCO3)cc1. The second-order valence-corrected chi connectivity index (χ2v) is 6.46. The van der Waals surface area contributed by atoms with Crippen LogP contribution in [0.5, 0.6) is 11.5 Å². The number of halogens is 1. The van der Waals surface area contributed by atoms with E-state index in [2.05, 4.69) is 10.6 Å². The Hall–Kier alpha value is -2.93. The summed E-state index contributed by atoms with van der Waals surface area (Å²) >= 11 is 6.27. The van der Waals surface area contributed by atoms with Crippen LogP contribution in [0.3, 0.4) is 0 Å². The second kappa shape index (κ2) is 8.64. The van der Waals surface area contributed by atoms with Crippen molar-refractivity contribution in [3.63, 3.8) is 0 Å². The van der Waals surface area contributed by atoms with Crippen molar-refractivity contribution in [1.82, 2.24) is 10.6 Å². The molecule has 0 unspecified atom stereocenters. The summed E-state index contributed by atoms with van der Waals surface area (Å²) in [6, 6.07) is 9.89. The Morgan fingerprint density at radius 1 is 1.00 bits per heavy atom. The van der Waals surface area contributed by atoms with Crippen molar-refractivity contribution < 1.29 is 19.1 Å². The number of benzene rings is 2. The summed E-state index contributed by atoms with van der Waals surface area (Å²) in [6.45, 7) is 1.75. The van der Waals surface area contributed by atoms with Gasteiger partial charge in [0, 0.05) is 25.1 Å². The fourth-order valence-electron chi connectivity index (χ4n) is 2.63. The number of hydrogen-bond acceptors (Lipinski definition) is 4. The molecule has 3 amide bonds. The zero-order valence-electron chi connectivity index (χ0n) is 14.6. The molecule has 7 nitrogen and oxygen atoms in total. The highest BCUT2D eigenvalue weighted by Crippen LogP contribution is 2.37. The number of amides is 3. The van der Waals surface area contributed by atoms with E-state index in [-0.39, 0.29) is 5.91 Å². The van der Waals surface area contributed by atoms with Crippen LogP contribution >= 0.6 is 11.6 Å². The number of ether oxygens (including phenoxy) is 2. The first-order chi connectivity index (χ1) is 13.0. The van der Waals surface area contributed by atoms with Crippen LogP contribution in [0.15, 0.2) is 36.4 Å². The Morgan fingerprint density at radius 2 is 1.70 bits per heavy atom. The average Bonchev–Trinajstić information content (AvgIpc) is 2.91. The molecule has 3 rings (SSSR count). The van der Waals surface area contributed by atoms with Crippen LogP contribution in [0, 0.1) is 0 Å². The molecule has 142 valence electrons. The fraction of sp³-hybridized carbons (Fsp3) is 0.263. The highest BCUT2D eigenvalue weighted by molar-refractivity contribution is 6.32. The molecule has 2 aromatic carbocycles. The van der Waals surface area contributed by atoms with Crippen molar-refractivity contribution in [2.45, 2.75) is 19.5 Å². The Balaban J connectivity index is 1.61. The normalized spacial score (nSPS) is 12.8. The van der Waals surface area contributed by atoms with E-state index >= 15 is 0 Å². The van der Waals surface area contributed by atoms with E-state index < -0.39 is 6.03 Å². The third kappa shape index (κ3) is 5.04. The number of hydrogen-bond donors (Lipinski definition) is 3. The summed E-state index contributed by atoms with van der Waals surface area (Å²) in [7, 11) is 0. The fourth-order valence-corrected chi connectivity index (χ4v) is 2.92. The number of primary amides is 1. The van der Waals surface area contributed by atoms with Crippen LogP contribution < -0.4 is 25.8 Å². The molecule has 2 aromatic rings. The molecule has 1 aliphatic heterocycles. The van der Waals surface area contributed by atoms with Crippen LogP contribution in [-0.4, -0.2) is 25.2 Å². The molecule has 0 fully saturated rings. The topological polar surface area (TPSA) is 103 Å². The molecule has 8 heteroatoms.